The molecule has 14 heavy (non-hydrogen) atoms. The summed E-state index contributed by atoms with van der Waals surface area (Å²) in [6, 6.07) is 4.12. The largest absolute Gasteiger partial charge is 0.493 e. The zero-order valence-electron chi connectivity index (χ0n) is 8.67. The third-order valence-electron chi connectivity index (χ3n) is 2.85. The van der Waals surface area contributed by atoms with Gasteiger partial charge in [0, 0.05) is 0 Å². The maximum atomic E-state index is 5.26. The molecule has 0 saturated heterocycles. The Bertz CT molecular complexity index is 344. The zero-order chi connectivity index (χ0) is 10.1. The summed E-state index contributed by atoms with van der Waals surface area (Å²) in [5, 5.41) is 0. The fourth-order valence-electron chi connectivity index (χ4n) is 2.02. The van der Waals surface area contributed by atoms with Gasteiger partial charge in [-0.3, -0.25) is 0 Å². The quantitative estimate of drug-likeness (QED) is 0.715. The van der Waals surface area contributed by atoms with Crippen molar-refractivity contribution in [1.82, 2.24) is 0 Å². The van der Waals surface area contributed by atoms with Gasteiger partial charge in [0.25, 0.3) is 0 Å². The lowest BCUT2D eigenvalue weighted by atomic mass is 10.0. The maximum absolute atomic E-state index is 5.26. The fourth-order valence-corrected chi connectivity index (χ4v) is 2.02. The molecule has 2 rings (SSSR count). The van der Waals surface area contributed by atoms with Crippen LogP contribution in [0.1, 0.15) is 23.5 Å². The van der Waals surface area contributed by atoms with Gasteiger partial charge in [0.15, 0.2) is 11.5 Å². The Hall–Kier alpha value is -1.18. The van der Waals surface area contributed by atoms with E-state index >= 15 is 0 Å². The third-order valence-corrected chi connectivity index (χ3v) is 2.85. The highest BCUT2D eigenvalue weighted by Gasteiger charge is 2.21. The van der Waals surface area contributed by atoms with E-state index in [9.17, 15) is 0 Å². The van der Waals surface area contributed by atoms with E-state index in [4.69, 9.17) is 9.47 Å². The van der Waals surface area contributed by atoms with Crippen molar-refractivity contribution in [2.24, 2.45) is 0 Å². The van der Waals surface area contributed by atoms with Crippen LogP contribution in [-0.2, 0) is 6.42 Å². The number of rotatable bonds is 2. The van der Waals surface area contributed by atoms with Gasteiger partial charge in [0.1, 0.15) is 0 Å². The van der Waals surface area contributed by atoms with Crippen LogP contribution in [-0.4, -0.2) is 14.2 Å². The molecule has 1 aromatic rings. The minimum Gasteiger partial charge on any atom is -0.493 e. The molecular formula is C12H15O2. The highest BCUT2D eigenvalue weighted by Crippen LogP contribution is 2.39. The van der Waals surface area contributed by atoms with Crippen molar-refractivity contribution in [3.8, 4) is 11.5 Å². The van der Waals surface area contributed by atoms with E-state index in [1.807, 2.05) is 0 Å². The Balaban J connectivity index is 2.49. The summed E-state index contributed by atoms with van der Waals surface area (Å²) in [5.74, 6) is 2.03. The molecule has 0 saturated carbocycles. The van der Waals surface area contributed by atoms with Gasteiger partial charge < -0.3 is 9.47 Å². The van der Waals surface area contributed by atoms with E-state index < -0.39 is 0 Å². The second-order valence-corrected chi connectivity index (χ2v) is 3.64. The molecule has 1 atom stereocenters. The van der Waals surface area contributed by atoms with Gasteiger partial charge in [-0.1, -0.05) is 0 Å². The molecule has 0 amide bonds. The summed E-state index contributed by atoms with van der Waals surface area (Å²) < 4.78 is 10.5. The second kappa shape index (κ2) is 3.52. The number of hydrogen-bond donors (Lipinski definition) is 0. The minimum atomic E-state index is 0.407. The van der Waals surface area contributed by atoms with E-state index in [1.165, 1.54) is 11.1 Å². The number of aryl methyl sites for hydroxylation is 1. The van der Waals surface area contributed by atoms with Crippen LogP contribution in [0.15, 0.2) is 12.1 Å². The first-order valence-electron chi connectivity index (χ1n) is 4.84. The molecule has 2 nitrogen and oxygen atoms in total. The number of fused-ring (bicyclic) bond motifs is 1. The lowest BCUT2D eigenvalue weighted by Crippen LogP contribution is -1.94. The summed E-state index contributed by atoms with van der Waals surface area (Å²) in [6.07, 6.45) is 2.23. The summed E-state index contributed by atoms with van der Waals surface area (Å²) in [4.78, 5) is 0. The molecule has 0 spiro atoms. The van der Waals surface area contributed by atoms with Gasteiger partial charge >= 0.3 is 0 Å². The predicted molar refractivity (Wildman–Crippen MR) is 56.0 cm³/mol. The molecule has 1 unspecified atom stereocenters. The van der Waals surface area contributed by atoms with Crippen LogP contribution >= 0.6 is 0 Å². The fraction of sp³-hybridized carbons (Fsp3) is 0.417. The molecule has 0 bridgehead atoms. The van der Waals surface area contributed by atoms with Crippen LogP contribution in [0, 0.1) is 6.92 Å². The average Bonchev–Trinajstić information content (AvgIpc) is 2.58. The van der Waals surface area contributed by atoms with Gasteiger partial charge in [0.2, 0.25) is 0 Å². The van der Waals surface area contributed by atoms with Crippen molar-refractivity contribution in [1.29, 1.82) is 0 Å². The summed E-state index contributed by atoms with van der Waals surface area (Å²) in [5.41, 5.74) is 2.66. The molecule has 1 aliphatic rings. The van der Waals surface area contributed by atoms with Gasteiger partial charge in [0.05, 0.1) is 14.2 Å². The normalized spacial score (nSPS) is 19.2. The van der Waals surface area contributed by atoms with Crippen molar-refractivity contribution in [2.45, 2.75) is 18.8 Å². The van der Waals surface area contributed by atoms with E-state index in [0.717, 1.165) is 24.3 Å². The van der Waals surface area contributed by atoms with Crippen LogP contribution < -0.4 is 9.47 Å². The molecule has 0 aromatic heterocycles. The van der Waals surface area contributed by atoms with E-state index in [0.29, 0.717) is 5.92 Å². The topological polar surface area (TPSA) is 18.5 Å². The monoisotopic (exact) mass is 191 g/mol. The molecule has 75 valence electrons. The van der Waals surface area contributed by atoms with Crippen LogP contribution in [0.5, 0.6) is 11.5 Å². The Kier molecular flexibility index (Phi) is 2.36. The molecule has 0 aliphatic heterocycles. The van der Waals surface area contributed by atoms with Crippen LogP contribution in [0.25, 0.3) is 0 Å². The first kappa shape index (κ1) is 9.38. The Labute approximate surface area is 84.8 Å². The van der Waals surface area contributed by atoms with Gasteiger partial charge in [-0.2, -0.15) is 0 Å². The molecule has 2 heteroatoms. The molecular weight excluding hydrogens is 176 g/mol. The summed E-state index contributed by atoms with van der Waals surface area (Å²) in [6.45, 7) is 4.11. The second-order valence-electron chi connectivity index (χ2n) is 3.64. The Morgan fingerprint density at radius 2 is 1.86 bits per heavy atom. The first-order chi connectivity index (χ1) is 6.76. The van der Waals surface area contributed by atoms with Crippen LogP contribution in [0.4, 0.5) is 0 Å². The van der Waals surface area contributed by atoms with Crippen molar-refractivity contribution >= 4 is 0 Å². The molecule has 0 N–H and O–H groups in total. The maximum Gasteiger partial charge on any atom is 0.161 e. The van der Waals surface area contributed by atoms with Crippen molar-refractivity contribution < 1.29 is 9.47 Å². The summed E-state index contributed by atoms with van der Waals surface area (Å²) in [7, 11) is 3.33. The van der Waals surface area contributed by atoms with Crippen LogP contribution in [0.2, 0.25) is 0 Å². The lowest BCUT2D eigenvalue weighted by Gasteiger charge is -2.11. The van der Waals surface area contributed by atoms with Crippen molar-refractivity contribution in [2.75, 3.05) is 14.2 Å². The van der Waals surface area contributed by atoms with Crippen LogP contribution in [0.3, 0.4) is 0 Å². The van der Waals surface area contributed by atoms with Crippen molar-refractivity contribution in [3.63, 3.8) is 0 Å². The minimum absolute atomic E-state index is 0.407. The Morgan fingerprint density at radius 1 is 1.21 bits per heavy atom. The third kappa shape index (κ3) is 1.35. The molecule has 0 heterocycles. The number of methoxy groups -OCH3 is 2. The summed E-state index contributed by atoms with van der Waals surface area (Å²) >= 11 is 0. The van der Waals surface area contributed by atoms with E-state index in [2.05, 4.69) is 19.1 Å². The van der Waals surface area contributed by atoms with Gasteiger partial charge in [-0.25, -0.2) is 0 Å². The SMILES string of the molecule is [CH2]C1CCc2cc(OC)c(OC)cc21. The highest BCUT2D eigenvalue weighted by molar-refractivity contribution is 5.50. The zero-order valence-corrected chi connectivity index (χ0v) is 8.67. The predicted octanol–water partition coefficient (Wildman–Crippen LogP) is 2.57. The molecule has 0 fully saturated rings. The molecule has 1 aromatic carbocycles. The van der Waals surface area contributed by atoms with E-state index in [-0.39, 0.29) is 0 Å². The average molecular weight is 191 g/mol. The number of ether oxygens (including phenoxy) is 2. The first-order valence-corrected chi connectivity index (χ1v) is 4.84. The highest BCUT2D eigenvalue weighted by atomic mass is 16.5. The van der Waals surface area contributed by atoms with Gasteiger partial charge in [-0.15, -0.1) is 0 Å². The Morgan fingerprint density at radius 3 is 2.50 bits per heavy atom. The lowest BCUT2D eigenvalue weighted by molar-refractivity contribution is 0.354. The number of hydrogen-bond acceptors (Lipinski definition) is 2. The smallest absolute Gasteiger partial charge is 0.161 e. The van der Waals surface area contributed by atoms with Gasteiger partial charge in [-0.05, 0) is 48.9 Å². The van der Waals surface area contributed by atoms with Crippen molar-refractivity contribution in [3.05, 3.63) is 30.2 Å². The van der Waals surface area contributed by atoms with E-state index in [1.54, 1.807) is 14.2 Å². The number of benzene rings is 1. The molecule has 1 radical (unpaired) electrons. The molecule has 1 aliphatic carbocycles. The standard InChI is InChI=1S/C12H15O2/c1-8-4-5-9-6-11(13-2)12(14-3)7-10(8)9/h6-8H,1,4-5H2,2-3H3.